The minimum absolute atomic E-state index is 0.00249. The normalized spacial score (nSPS) is 20.9. The minimum Gasteiger partial charge on any atom is -0.356 e. The van der Waals surface area contributed by atoms with Crippen molar-refractivity contribution in [3.05, 3.63) is 93.3 Å². The molecule has 2 aromatic heterocycles. The number of para-hydroxylation sites is 1. The van der Waals surface area contributed by atoms with Crippen LogP contribution in [0.25, 0.3) is 10.9 Å². The molecule has 0 unspecified atom stereocenters. The molecule has 2 aromatic carbocycles. The summed E-state index contributed by atoms with van der Waals surface area (Å²) in [6.45, 7) is 0.730. The molecule has 4 aromatic rings. The van der Waals surface area contributed by atoms with Crippen molar-refractivity contribution in [3.8, 4) is 0 Å². The van der Waals surface area contributed by atoms with Gasteiger partial charge in [0.25, 0.3) is 5.91 Å². The van der Waals surface area contributed by atoms with Gasteiger partial charge in [-0.15, -0.1) is 11.3 Å². The van der Waals surface area contributed by atoms with Gasteiger partial charge in [-0.1, -0.05) is 42.5 Å². The summed E-state index contributed by atoms with van der Waals surface area (Å²) in [4.78, 5) is 20.1. The average molecular weight is 356 g/mol. The summed E-state index contributed by atoms with van der Waals surface area (Å²) in [5.74, 6) is 0.368. The van der Waals surface area contributed by atoms with E-state index in [2.05, 4.69) is 52.8 Å². The second-order valence-electron chi connectivity index (χ2n) is 7.01. The third-order valence-corrected chi connectivity index (χ3v) is 6.71. The van der Waals surface area contributed by atoms with E-state index in [1.54, 1.807) is 11.3 Å². The molecule has 0 saturated carbocycles. The van der Waals surface area contributed by atoms with Crippen molar-refractivity contribution < 1.29 is 4.79 Å². The Morgan fingerprint density at radius 1 is 1.00 bits per heavy atom. The molecule has 1 N–H and O–H groups in total. The average Bonchev–Trinajstić information content (AvgIpc) is 3.39. The van der Waals surface area contributed by atoms with Crippen molar-refractivity contribution in [3.63, 3.8) is 0 Å². The van der Waals surface area contributed by atoms with Gasteiger partial charge in [0.05, 0.1) is 6.04 Å². The van der Waals surface area contributed by atoms with E-state index in [1.165, 1.54) is 21.5 Å². The van der Waals surface area contributed by atoms with Crippen molar-refractivity contribution in [2.24, 2.45) is 0 Å². The number of carbonyl (C=O) groups is 1. The zero-order chi connectivity index (χ0) is 17.3. The molecule has 0 radical (unpaired) electrons. The van der Waals surface area contributed by atoms with Gasteiger partial charge in [0.2, 0.25) is 0 Å². The molecule has 1 amide bonds. The number of fused-ring (bicyclic) bond motifs is 7. The van der Waals surface area contributed by atoms with Gasteiger partial charge in [-0.25, -0.2) is 0 Å². The molecule has 4 heterocycles. The van der Waals surface area contributed by atoms with Gasteiger partial charge in [0.1, 0.15) is 0 Å². The van der Waals surface area contributed by atoms with E-state index in [0.29, 0.717) is 0 Å². The highest BCUT2D eigenvalue weighted by atomic mass is 32.1. The predicted octanol–water partition coefficient (Wildman–Crippen LogP) is 4.92. The number of thiophene rings is 1. The molecule has 2 aliphatic heterocycles. The molecular formula is C22H16N2OS. The number of aromatic nitrogens is 1. The van der Waals surface area contributed by atoms with E-state index < -0.39 is 0 Å². The Hall–Kier alpha value is -2.85. The number of amides is 1. The van der Waals surface area contributed by atoms with Gasteiger partial charge in [0.15, 0.2) is 0 Å². The Morgan fingerprint density at radius 2 is 1.85 bits per heavy atom. The fourth-order valence-electron chi connectivity index (χ4n) is 4.66. The molecule has 6 rings (SSSR count). The van der Waals surface area contributed by atoms with Crippen molar-refractivity contribution in [2.45, 2.75) is 12.0 Å². The van der Waals surface area contributed by atoms with Gasteiger partial charge in [-0.2, -0.15) is 0 Å². The van der Waals surface area contributed by atoms with E-state index in [9.17, 15) is 4.79 Å². The summed E-state index contributed by atoms with van der Waals surface area (Å²) in [6, 6.07) is 20.8. The maximum Gasteiger partial charge on any atom is 0.255 e. The lowest BCUT2D eigenvalue weighted by molar-refractivity contribution is 0.0728. The van der Waals surface area contributed by atoms with Crippen LogP contribution in [-0.2, 0) is 0 Å². The van der Waals surface area contributed by atoms with E-state index in [0.717, 1.165) is 23.2 Å². The van der Waals surface area contributed by atoms with Crippen molar-refractivity contribution >= 4 is 28.1 Å². The Bertz CT molecular complexity index is 1160. The number of hydrogen-bond acceptors (Lipinski definition) is 2. The van der Waals surface area contributed by atoms with Crippen LogP contribution in [0.5, 0.6) is 0 Å². The number of rotatable bonds is 1. The van der Waals surface area contributed by atoms with Crippen LogP contribution >= 0.6 is 11.3 Å². The van der Waals surface area contributed by atoms with E-state index in [4.69, 9.17) is 0 Å². The second kappa shape index (κ2) is 5.08. The van der Waals surface area contributed by atoms with Crippen LogP contribution in [0.1, 0.15) is 44.0 Å². The quantitative estimate of drug-likeness (QED) is 0.516. The molecule has 0 bridgehead atoms. The number of H-pyrrole nitrogens is 1. The number of aromatic amines is 1. The third kappa shape index (κ3) is 1.75. The van der Waals surface area contributed by atoms with Gasteiger partial charge in [-0.05, 0) is 34.7 Å². The van der Waals surface area contributed by atoms with Crippen molar-refractivity contribution in [1.82, 2.24) is 9.88 Å². The SMILES string of the molecule is O=C1c2ccccc2[C@@H]2c3[nH]c4ccccc4c3[C@H](c3cccs3)CN12. The van der Waals surface area contributed by atoms with Crippen LogP contribution in [0.3, 0.4) is 0 Å². The number of hydrogen-bond donors (Lipinski definition) is 1. The maximum absolute atomic E-state index is 13.1. The van der Waals surface area contributed by atoms with E-state index in [-0.39, 0.29) is 17.9 Å². The Balaban J connectivity index is 1.67. The lowest BCUT2D eigenvalue weighted by Gasteiger charge is -2.35. The van der Waals surface area contributed by atoms with E-state index >= 15 is 0 Å². The number of benzene rings is 2. The molecule has 0 spiro atoms. The van der Waals surface area contributed by atoms with Crippen LogP contribution in [0, 0.1) is 0 Å². The highest BCUT2D eigenvalue weighted by Gasteiger charge is 2.45. The summed E-state index contributed by atoms with van der Waals surface area (Å²) in [6.07, 6.45) is 0. The summed E-state index contributed by atoms with van der Waals surface area (Å²) in [5.41, 5.74) is 5.64. The topological polar surface area (TPSA) is 36.1 Å². The Morgan fingerprint density at radius 3 is 2.73 bits per heavy atom. The molecule has 0 saturated heterocycles. The highest BCUT2D eigenvalue weighted by molar-refractivity contribution is 7.10. The molecule has 2 atom stereocenters. The maximum atomic E-state index is 13.1. The minimum atomic E-state index is -0.00249. The first-order chi connectivity index (χ1) is 12.8. The summed E-state index contributed by atoms with van der Waals surface area (Å²) in [7, 11) is 0. The molecule has 3 nitrogen and oxygen atoms in total. The first-order valence-corrected chi connectivity index (χ1v) is 9.74. The zero-order valence-electron chi connectivity index (χ0n) is 14.0. The van der Waals surface area contributed by atoms with Crippen molar-refractivity contribution in [2.75, 3.05) is 6.54 Å². The number of nitrogens with zero attached hydrogens (tertiary/aromatic N) is 1. The monoisotopic (exact) mass is 356 g/mol. The van der Waals surface area contributed by atoms with Gasteiger partial charge in [0, 0.05) is 39.5 Å². The Labute approximate surface area is 154 Å². The standard InChI is InChI=1S/C22H16N2OS/c25-22-14-7-2-1-6-13(14)21-20-19(15-8-3-4-9-17(15)23-20)16(12-24(21)22)18-10-5-11-26-18/h1-11,16,21,23H,12H2/t16-,21+/m0/s1. The first-order valence-electron chi connectivity index (χ1n) is 8.86. The fraction of sp³-hybridized carbons (Fsp3) is 0.136. The van der Waals surface area contributed by atoms with Crippen LogP contribution in [0.2, 0.25) is 0 Å². The van der Waals surface area contributed by atoms with Crippen LogP contribution < -0.4 is 0 Å². The first kappa shape index (κ1) is 14.3. The fourth-order valence-corrected chi connectivity index (χ4v) is 5.48. The molecule has 4 heteroatoms. The molecule has 126 valence electrons. The molecule has 2 aliphatic rings. The lowest BCUT2D eigenvalue weighted by atomic mass is 9.86. The number of carbonyl (C=O) groups excluding carboxylic acids is 1. The van der Waals surface area contributed by atoms with Gasteiger partial charge in [-0.3, -0.25) is 4.79 Å². The lowest BCUT2D eigenvalue weighted by Crippen LogP contribution is -2.37. The van der Waals surface area contributed by atoms with Crippen LogP contribution in [-0.4, -0.2) is 22.3 Å². The molecule has 0 fully saturated rings. The van der Waals surface area contributed by atoms with E-state index in [1.807, 2.05) is 23.1 Å². The molecular weight excluding hydrogens is 340 g/mol. The zero-order valence-corrected chi connectivity index (χ0v) is 14.8. The highest BCUT2D eigenvalue weighted by Crippen LogP contribution is 2.49. The van der Waals surface area contributed by atoms with Crippen LogP contribution in [0.15, 0.2) is 66.0 Å². The summed E-state index contributed by atoms with van der Waals surface area (Å²) < 4.78 is 0. The largest absolute Gasteiger partial charge is 0.356 e. The second-order valence-corrected chi connectivity index (χ2v) is 7.99. The van der Waals surface area contributed by atoms with Gasteiger partial charge >= 0.3 is 0 Å². The van der Waals surface area contributed by atoms with Gasteiger partial charge < -0.3 is 9.88 Å². The molecule has 0 aliphatic carbocycles. The predicted molar refractivity (Wildman–Crippen MR) is 104 cm³/mol. The number of nitrogens with one attached hydrogen (secondary N) is 1. The summed E-state index contributed by atoms with van der Waals surface area (Å²) >= 11 is 1.77. The summed E-state index contributed by atoms with van der Waals surface area (Å²) in [5, 5.41) is 3.40. The van der Waals surface area contributed by atoms with Crippen molar-refractivity contribution in [1.29, 1.82) is 0 Å². The molecule has 26 heavy (non-hydrogen) atoms. The third-order valence-electron chi connectivity index (χ3n) is 5.72. The van der Waals surface area contributed by atoms with Crippen LogP contribution in [0.4, 0.5) is 0 Å². The smallest absolute Gasteiger partial charge is 0.255 e. The Kier molecular flexibility index (Phi) is 2.80.